The van der Waals surface area contributed by atoms with Crippen molar-refractivity contribution in [3.05, 3.63) is 30.4 Å². The molecule has 2 amide bonds. The first-order valence-electron chi connectivity index (χ1n) is 8.95. The monoisotopic (exact) mass is 359 g/mol. The lowest BCUT2D eigenvalue weighted by atomic mass is 9.76. The van der Waals surface area contributed by atoms with Gasteiger partial charge in [0.15, 0.2) is 5.82 Å². The van der Waals surface area contributed by atoms with Crippen molar-refractivity contribution in [2.45, 2.75) is 31.6 Å². The number of aromatic nitrogens is 3. The van der Waals surface area contributed by atoms with Gasteiger partial charge in [0.25, 0.3) is 5.89 Å². The molecule has 1 saturated heterocycles. The van der Waals surface area contributed by atoms with Crippen LogP contribution in [0.1, 0.15) is 32.0 Å². The molecule has 3 heterocycles. The highest BCUT2D eigenvalue weighted by atomic mass is 16.5. The molecule has 0 saturated carbocycles. The van der Waals surface area contributed by atoms with Crippen LogP contribution < -0.4 is 5.32 Å². The minimum Gasteiger partial charge on any atom is -0.385 e. The van der Waals surface area contributed by atoms with Crippen molar-refractivity contribution in [3.63, 3.8) is 0 Å². The van der Waals surface area contributed by atoms with E-state index in [1.165, 1.54) is 0 Å². The summed E-state index contributed by atoms with van der Waals surface area (Å²) >= 11 is 0. The van der Waals surface area contributed by atoms with Crippen LogP contribution in [-0.4, -0.2) is 59.4 Å². The third-order valence-corrected chi connectivity index (χ3v) is 4.79. The number of likely N-dealkylation sites (tertiary alicyclic amines) is 1. The van der Waals surface area contributed by atoms with E-state index >= 15 is 0 Å². The number of carbonyl (C=O) groups is 1. The molecule has 1 N–H and O–H groups in total. The van der Waals surface area contributed by atoms with Gasteiger partial charge in [-0.2, -0.15) is 4.98 Å². The Labute approximate surface area is 152 Å². The third-order valence-electron chi connectivity index (χ3n) is 4.79. The summed E-state index contributed by atoms with van der Waals surface area (Å²) in [5.74, 6) is 1.07. The van der Waals surface area contributed by atoms with Gasteiger partial charge < -0.3 is 19.5 Å². The first kappa shape index (κ1) is 18.3. The van der Waals surface area contributed by atoms with Crippen LogP contribution in [-0.2, 0) is 10.2 Å². The summed E-state index contributed by atoms with van der Waals surface area (Å²) < 4.78 is 10.8. The van der Waals surface area contributed by atoms with Crippen LogP contribution >= 0.6 is 0 Å². The molecule has 1 aliphatic rings. The van der Waals surface area contributed by atoms with Crippen molar-refractivity contribution in [1.82, 2.24) is 25.3 Å². The number of pyridine rings is 1. The van der Waals surface area contributed by atoms with Gasteiger partial charge in [-0.25, -0.2) is 4.79 Å². The van der Waals surface area contributed by atoms with Crippen molar-refractivity contribution in [2.24, 2.45) is 0 Å². The maximum Gasteiger partial charge on any atom is 0.317 e. The minimum absolute atomic E-state index is 0.0510. The average Bonchev–Trinajstić information content (AvgIpc) is 3.18. The second-order valence-corrected chi connectivity index (χ2v) is 6.55. The van der Waals surface area contributed by atoms with E-state index < -0.39 is 0 Å². The SMILES string of the molecule is CCNC(=O)N1CCCC(CCOC)(c2noc(-c3cccnc3)n2)C1. The second kappa shape index (κ2) is 8.27. The highest BCUT2D eigenvalue weighted by molar-refractivity contribution is 5.74. The number of urea groups is 1. The predicted octanol–water partition coefficient (Wildman–Crippen LogP) is 2.23. The minimum atomic E-state index is -0.372. The molecule has 0 bridgehead atoms. The molecule has 0 aliphatic carbocycles. The Bertz CT molecular complexity index is 721. The normalized spacial score (nSPS) is 20.2. The number of hydrogen-bond donors (Lipinski definition) is 1. The van der Waals surface area contributed by atoms with E-state index in [0.717, 1.165) is 31.4 Å². The molecule has 8 nitrogen and oxygen atoms in total. The number of carbonyl (C=O) groups excluding carboxylic acids is 1. The number of rotatable bonds is 6. The smallest absolute Gasteiger partial charge is 0.317 e. The van der Waals surface area contributed by atoms with Gasteiger partial charge in [-0.1, -0.05) is 5.16 Å². The van der Waals surface area contributed by atoms with E-state index in [4.69, 9.17) is 9.26 Å². The van der Waals surface area contributed by atoms with Gasteiger partial charge in [0.2, 0.25) is 0 Å². The number of hydrogen-bond acceptors (Lipinski definition) is 6. The second-order valence-electron chi connectivity index (χ2n) is 6.55. The summed E-state index contributed by atoms with van der Waals surface area (Å²) in [6.07, 6.45) is 5.90. The third kappa shape index (κ3) is 3.85. The zero-order valence-electron chi connectivity index (χ0n) is 15.3. The lowest BCUT2D eigenvalue weighted by molar-refractivity contribution is 0.107. The van der Waals surface area contributed by atoms with E-state index in [-0.39, 0.29) is 11.4 Å². The fraction of sp³-hybridized carbons (Fsp3) is 0.556. The maximum absolute atomic E-state index is 12.3. The Morgan fingerprint density at radius 1 is 1.50 bits per heavy atom. The van der Waals surface area contributed by atoms with Crippen LogP contribution in [0, 0.1) is 0 Å². The van der Waals surface area contributed by atoms with Crippen LogP contribution in [0.15, 0.2) is 29.0 Å². The van der Waals surface area contributed by atoms with E-state index in [1.54, 1.807) is 19.5 Å². The van der Waals surface area contributed by atoms with Gasteiger partial charge in [0.05, 0.1) is 11.0 Å². The zero-order chi connectivity index (χ0) is 18.4. The summed E-state index contributed by atoms with van der Waals surface area (Å²) in [4.78, 5) is 22.9. The van der Waals surface area contributed by atoms with Gasteiger partial charge >= 0.3 is 6.03 Å². The number of methoxy groups -OCH3 is 1. The number of ether oxygens (including phenoxy) is 1. The molecule has 0 radical (unpaired) electrons. The Morgan fingerprint density at radius 2 is 2.38 bits per heavy atom. The Kier molecular flexibility index (Phi) is 5.82. The standard InChI is InChI=1S/C18H25N5O3/c1-3-20-17(24)23-10-5-7-18(13-23,8-11-25-2)16-21-15(26-22-16)14-6-4-9-19-12-14/h4,6,9,12H,3,5,7-8,10-11,13H2,1-2H3,(H,20,24). The van der Waals surface area contributed by atoms with Crippen LogP contribution in [0.4, 0.5) is 4.79 Å². The van der Waals surface area contributed by atoms with Crippen molar-refractivity contribution < 1.29 is 14.1 Å². The Balaban J connectivity index is 1.88. The quantitative estimate of drug-likeness (QED) is 0.850. The molecule has 8 heteroatoms. The molecule has 140 valence electrons. The van der Waals surface area contributed by atoms with E-state index in [2.05, 4.69) is 20.4 Å². The predicted molar refractivity (Wildman–Crippen MR) is 95.6 cm³/mol. The van der Waals surface area contributed by atoms with Crippen LogP contribution in [0.25, 0.3) is 11.5 Å². The average molecular weight is 359 g/mol. The van der Waals surface area contributed by atoms with Crippen molar-refractivity contribution >= 4 is 6.03 Å². The molecule has 2 aromatic rings. The van der Waals surface area contributed by atoms with Gasteiger partial charge in [-0.15, -0.1) is 0 Å². The molecular weight excluding hydrogens is 334 g/mol. The highest BCUT2D eigenvalue weighted by Crippen LogP contribution is 2.36. The largest absolute Gasteiger partial charge is 0.385 e. The van der Waals surface area contributed by atoms with Crippen LogP contribution in [0.3, 0.4) is 0 Å². The molecule has 1 fully saturated rings. The molecule has 26 heavy (non-hydrogen) atoms. The summed E-state index contributed by atoms with van der Waals surface area (Å²) in [6, 6.07) is 3.66. The van der Waals surface area contributed by atoms with Crippen LogP contribution in [0.2, 0.25) is 0 Å². The molecule has 0 spiro atoms. The lowest BCUT2D eigenvalue weighted by Gasteiger charge is -2.40. The molecule has 3 rings (SSSR count). The van der Waals surface area contributed by atoms with Crippen molar-refractivity contribution in [2.75, 3.05) is 33.4 Å². The van der Waals surface area contributed by atoms with E-state index in [0.29, 0.717) is 31.4 Å². The topological polar surface area (TPSA) is 93.4 Å². The number of piperidine rings is 1. The van der Waals surface area contributed by atoms with Gasteiger partial charge in [-0.05, 0) is 38.3 Å². The van der Waals surface area contributed by atoms with Crippen LogP contribution in [0.5, 0.6) is 0 Å². The molecule has 1 unspecified atom stereocenters. The Hall–Kier alpha value is -2.48. The summed E-state index contributed by atoms with van der Waals surface area (Å²) in [7, 11) is 1.68. The van der Waals surface area contributed by atoms with E-state index in [1.807, 2.05) is 24.0 Å². The van der Waals surface area contributed by atoms with Gasteiger partial charge in [0, 0.05) is 45.7 Å². The van der Waals surface area contributed by atoms with Crippen molar-refractivity contribution in [3.8, 4) is 11.5 Å². The van der Waals surface area contributed by atoms with Crippen molar-refractivity contribution in [1.29, 1.82) is 0 Å². The lowest BCUT2D eigenvalue weighted by Crippen LogP contribution is -2.52. The molecule has 1 atom stereocenters. The first-order valence-corrected chi connectivity index (χ1v) is 8.95. The molecule has 0 aromatic carbocycles. The maximum atomic E-state index is 12.3. The Morgan fingerprint density at radius 3 is 3.12 bits per heavy atom. The fourth-order valence-corrected chi connectivity index (χ4v) is 3.41. The van der Waals surface area contributed by atoms with Gasteiger partial charge in [0.1, 0.15) is 0 Å². The van der Waals surface area contributed by atoms with Gasteiger partial charge in [-0.3, -0.25) is 4.98 Å². The highest BCUT2D eigenvalue weighted by Gasteiger charge is 2.42. The fourth-order valence-electron chi connectivity index (χ4n) is 3.41. The summed E-state index contributed by atoms with van der Waals surface area (Å²) in [5, 5.41) is 7.13. The molecule has 2 aromatic heterocycles. The molecular formula is C18H25N5O3. The van der Waals surface area contributed by atoms with E-state index in [9.17, 15) is 4.79 Å². The summed E-state index contributed by atoms with van der Waals surface area (Å²) in [6.45, 7) is 4.37. The zero-order valence-corrected chi connectivity index (χ0v) is 15.3. The number of amides is 2. The molecule has 1 aliphatic heterocycles. The number of nitrogens with zero attached hydrogens (tertiary/aromatic N) is 4. The first-order chi connectivity index (χ1) is 12.7. The number of nitrogens with one attached hydrogen (secondary N) is 1. The summed E-state index contributed by atoms with van der Waals surface area (Å²) in [5.41, 5.74) is 0.410.